The van der Waals surface area contributed by atoms with Crippen molar-refractivity contribution in [1.82, 2.24) is 5.16 Å². The van der Waals surface area contributed by atoms with E-state index in [0.717, 1.165) is 22.0 Å². The molecule has 6 heteroatoms. The van der Waals surface area contributed by atoms with Gasteiger partial charge in [0.25, 0.3) is 0 Å². The third-order valence-electron chi connectivity index (χ3n) is 4.62. The van der Waals surface area contributed by atoms with E-state index in [1.807, 2.05) is 60.7 Å². The van der Waals surface area contributed by atoms with Gasteiger partial charge in [0.15, 0.2) is 17.3 Å². The third-order valence-corrected chi connectivity index (χ3v) is 4.62. The van der Waals surface area contributed by atoms with E-state index in [0.29, 0.717) is 23.0 Å². The highest BCUT2D eigenvalue weighted by Crippen LogP contribution is 2.36. The number of carbonyl (C=O) groups excluding carboxylic acids is 1. The summed E-state index contributed by atoms with van der Waals surface area (Å²) in [6.45, 7) is 0.217. The molecule has 1 aromatic heterocycles. The molecule has 0 aliphatic carbocycles. The predicted molar refractivity (Wildman–Crippen MR) is 104 cm³/mol. The lowest BCUT2D eigenvalue weighted by Gasteiger charge is -2.07. The molecule has 4 aromatic rings. The first-order valence-corrected chi connectivity index (χ1v) is 8.89. The van der Waals surface area contributed by atoms with Crippen molar-refractivity contribution in [3.05, 3.63) is 72.4 Å². The van der Waals surface area contributed by atoms with Crippen LogP contribution in [0.2, 0.25) is 0 Å². The molecule has 0 saturated heterocycles. The minimum Gasteiger partial charge on any atom is -0.454 e. The normalized spacial score (nSPS) is 12.3. The highest BCUT2D eigenvalue weighted by atomic mass is 16.7. The highest BCUT2D eigenvalue weighted by Gasteiger charge is 2.17. The van der Waals surface area contributed by atoms with Gasteiger partial charge in [-0.25, -0.2) is 0 Å². The van der Waals surface area contributed by atoms with Crippen LogP contribution >= 0.6 is 0 Å². The Morgan fingerprint density at radius 3 is 2.79 bits per heavy atom. The minimum absolute atomic E-state index is 0.122. The average Bonchev–Trinajstić information content (AvgIpc) is 3.37. The van der Waals surface area contributed by atoms with Gasteiger partial charge in [0.2, 0.25) is 12.7 Å². The molecule has 1 amide bonds. The van der Waals surface area contributed by atoms with Crippen molar-refractivity contribution >= 4 is 22.4 Å². The van der Waals surface area contributed by atoms with Crippen LogP contribution < -0.4 is 14.8 Å². The number of nitrogens with zero attached hydrogens (tertiary/aromatic N) is 1. The quantitative estimate of drug-likeness (QED) is 0.575. The first-order chi connectivity index (χ1) is 13.8. The number of hydrogen-bond donors (Lipinski definition) is 1. The second-order valence-corrected chi connectivity index (χ2v) is 6.50. The molecule has 3 aromatic carbocycles. The largest absolute Gasteiger partial charge is 0.454 e. The Kier molecular flexibility index (Phi) is 3.94. The van der Waals surface area contributed by atoms with Crippen LogP contribution in [-0.4, -0.2) is 17.9 Å². The van der Waals surface area contributed by atoms with E-state index in [1.165, 1.54) is 0 Å². The van der Waals surface area contributed by atoms with Crippen molar-refractivity contribution in [3.63, 3.8) is 0 Å². The zero-order chi connectivity index (χ0) is 18.9. The summed E-state index contributed by atoms with van der Waals surface area (Å²) in [6.07, 6.45) is 0.122. The molecule has 0 spiro atoms. The SMILES string of the molecule is O=C(Cc1cc(-c2ccc3c(c2)OCO3)on1)Nc1cccc2ccccc12. The molecule has 1 aliphatic rings. The van der Waals surface area contributed by atoms with Crippen LogP contribution in [0.5, 0.6) is 11.5 Å². The Morgan fingerprint density at radius 2 is 1.82 bits per heavy atom. The summed E-state index contributed by atoms with van der Waals surface area (Å²) >= 11 is 0. The van der Waals surface area contributed by atoms with Crippen LogP contribution in [-0.2, 0) is 11.2 Å². The van der Waals surface area contributed by atoms with Crippen molar-refractivity contribution in [2.24, 2.45) is 0 Å². The Bertz CT molecular complexity index is 1180. The number of aromatic nitrogens is 1. The molecular weight excluding hydrogens is 356 g/mol. The molecule has 138 valence electrons. The lowest BCUT2D eigenvalue weighted by Crippen LogP contribution is -2.14. The Morgan fingerprint density at radius 1 is 0.964 bits per heavy atom. The zero-order valence-corrected chi connectivity index (χ0v) is 14.8. The van der Waals surface area contributed by atoms with Crippen molar-refractivity contribution in [1.29, 1.82) is 0 Å². The number of nitrogens with one attached hydrogen (secondary N) is 1. The predicted octanol–water partition coefficient (Wildman–Crippen LogP) is 4.40. The molecule has 0 radical (unpaired) electrons. The summed E-state index contributed by atoms with van der Waals surface area (Å²) in [5.74, 6) is 1.80. The van der Waals surface area contributed by atoms with Crippen molar-refractivity contribution in [2.75, 3.05) is 12.1 Å². The topological polar surface area (TPSA) is 73.6 Å². The van der Waals surface area contributed by atoms with Gasteiger partial charge in [-0.15, -0.1) is 0 Å². The van der Waals surface area contributed by atoms with Crippen LogP contribution in [0.1, 0.15) is 5.69 Å². The molecule has 1 aliphatic heterocycles. The van der Waals surface area contributed by atoms with Gasteiger partial charge in [-0.1, -0.05) is 41.6 Å². The number of benzene rings is 3. The molecule has 2 heterocycles. The number of anilines is 1. The van der Waals surface area contributed by atoms with E-state index in [-0.39, 0.29) is 19.1 Å². The number of hydrogen-bond acceptors (Lipinski definition) is 5. The van der Waals surface area contributed by atoms with Crippen LogP contribution in [0.15, 0.2) is 71.3 Å². The summed E-state index contributed by atoms with van der Waals surface area (Å²) in [4.78, 5) is 12.5. The molecule has 0 unspecified atom stereocenters. The van der Waals surface area contributed by atoms with Gasteiger partial charge in [0.05, 0.1) is 12.1 Å². The molecule has 28 heavy (non-hydrogen) atoms. The van der Waals surface area contributed by atoms with Gasteiger partial charge in [0.1, 0.15) is 0 Å². The Hall–Kier alpha value is -3.80. The van der Waals surface area contributed by atoms with Crippen molar-refractivity contribution in [3.8, 4) is 22.8 Å². The van der Waals surface area contributed by atoms with E-state index in [9.17, 15) is 4.79 Å². The zero-order valence-electron chi connectivity index (χ0n) is 14.8. The molecule has 0 bridgehead atoms. The van der Waals surface area contributed by atoms with Crippen LogP contribution in [0, 0.1) is 0 Å². The maximum absolute atomic E-state index is 12.5. The summed E-state index contributed by atoms with van der Waals surface area (Å²) in [5, 5.41) is 9.06. The molecule has 1 N–H and O–H groups in total. The smallest absolute Gasteiger partial charge is 0.231 e. The van der Waals surface area contributed by atoms with Gasteiger partial charge in [-0.2, -0.15) is 0 Å². The van der Waals surface area contributed by atoms with E-state index < -0.39 is 0 Å². The van der Waals surface area contributed by atoms with Gasteiger partial charge >= 0.3 is 0 Å². The van der Waals surface area contributed by atoms with Crippen molar-refractivity contribution < 1.29 is 18.8 Å². The first kappa shape index (κ1) is 16.4. The average molecular weight is 372 g/mol. The molecule has 0 saturated carbocycles. The summed E-state index contributed by atoms with van der Waals surface area (Å²) in [6, 6.07) is 21.0. The summed E-state index contributed by atoms with van der Waals surface area (Å²) in [5.41, 5.74) is 2.16. The lowest BCUT2D eigenvalue weighted by molar-refractivity contribution is -0.115. The van der Waals surface area contributed by atoms with Crippen LogP contribution in [0.25, 0.3) is 22.1 Å². The van der Waals surface area contributed by atoms with Gasteiger partial charge in [0, 0.05) is 22.7 Å². The Balaban J connectivity index is 1.32. The number of rotatable bonds is 4. The monoisotopic (exact) mass is 372 g/mol. The van der Waals surface area contributed by atoms with E-state index in [1.54, 1.807) is 6.07 Å². The van der Waals surface area contributed by atoms with Crippen molar-refractivity contribution in [2.45, 2.75) is 6.42 Å². The maximum atomic E-state index is 12.5. The number of carbonyl (C=O) groups is 1. The van der Waals surface area contributed by atoms with E-state index in [4.69, 9.17) is 14.0 Å². The highest BCUT2D eigenvalue weighted by molar-refractivity contribution is 6.02. The van der Waals surface area contributed by atoms with Crippen LogP contribution in [0.4, 0.5) is 5.69 Å². The molecule has 6 nitrogen and oxygen atoms in total. The minimum atomic E-state index is -0.151. The second-order valence-electron chi connectivity index (χ2n) is 6.50. The fourth-order valence-electron chi connectivity index (χ4n) is 3.27. The van der Waals surface area contributed by atoms with Gasteiger partial charge in [-0.3, -0.25) is 4.79 Å². The first-order valence-electron chi connectivity index (χ1n) is 8.89. The number of amides is 1. The number of ether oxygens (including phenoxy) is 2. The fourth-order valence-corrected chi connectivity index (χ4v) is 3.27. The van der Waals surface area contributed by atoms with E-state index in [2.05, 4.69) is 10.5 Å². The molecule has 0 atom stereocenters. The fraction of sp³-hybridized carbons (Fsp3) is 0.0909. The molecule has 0 fully saturated rings. The van der Waals surface area contributed by atoms with Gasteiger partial charge < -0.3 is 19.3 Å². The summed E-state index contributed by atoms with van der Waals surface area (Å²) < 4.78 is 16.1. The molecule has 5 rings (SSSR count). The lowest BCUT2D eigenvalue weighted by atomic mass is 10.1. The third kappa shape index (κ3) is 3.05. The Labute approximate surface area is 160 Å². The standard InChI is InChI=1S/C22H16N2O4/c25-22(23-18-7-3-5-14-4-1-2-6-17(14)18)12-16-11-20(28-24-16)15-8-9-19-21(10-15)27-13-26-19/h1-11H,12-13H2,(H,23,25). The maximum Gasteiger partial charge on any atom is 0.231 e. The summed E-state index contributed by atoms with van der Waals surface area (Å²) in [7, 11) is 0. The second kappa shape index (κ2) is 6.74. The van der Waals surface area contributed by atoms with Gasteiger partial charge in [-0.05, 0) is 29.7 Å². The van der Waals surface area contributed by atoms with Crippen LogP contribution in [0.3, 0.4) is 0 Å². The number of fused-ring (bicyclic) bond motifs is 2. The molecular formula is C22H16N2O4. The van der Waals surface area contributed by atoms with E-state index >= 15 is 0 Å².